The monoisotopic (exact) mass is 262 g/mol. The molecule has 3 nitrogen and oxygen atoms in total. The number of ether oxygens (including phenoxy) is 1. The van der Waals surface area contributed by atoms with Crippen LogP contribution in [0.25, 0.3) is 0 Å². The second-order valence-corrected chi connectivity index (χ2v) is 4.19. The van der Waals surface area contributed by atoms with Gasteiger partial charge in [-0.1, -0.05) is 0 Å². The maximum absolute atomic E-state index is 12.0. The number of methoxy groups -OCH3 is 1. The van der Waals surface area contributed by atoms with Gasteiger partial charge < -0.3 is 4.74 Å². The molecule has 0 unspecified atom stereocenters. The van der Waals surface area contributed by atoms with Gasteiger partial charge in [-0.05, 0) is 41.9 Å². The van der Waals surface area contributed by atoms with Gasteiger partial charge in [0.1, 0.15) is 5.75 Å². The number of halogens is 1. The summed E-state index contributed by atoms with van der Waals surface area (Å²) in [6, 6.07) is 12.5. The van der Waals surface area contributed by atoms with E-state index in [0.717, 1.165) is 5.75 Å². The summed E-state index contributed by atoms with van der Waals surface area (Å²) in [7, 11) is 1.59. The molecule has 0 spiro atoms. The normalized spacial score (nSPS) is 10.1. The first kappa shape index (κ1) is 12.6. The third-order valence-electron chi connectivity index (χ3n) is 2.61. The van der Waals surface area contributed by atoms with Crippen LogP contribution in [0.2, 0.25) is 5.15 Å². The van der Waals surface area contributed by atoms with Crippen molar-refractivity contribution in [2.75, 3.05) is 7.11 Å². The molecule has 0 aliphatic carbocycles. The minimum atomic E-state index is 0.00996. The van der Waals surface area contributed by atoms with Gasteiger partial charge in [-0.25, -0.2) is 0 Å². The third-order valence-corrected chi connectivity index (χ3v) is 2.95. The first-order chi connectivity index (χ1) is 8.70. The van der Waals surface area contributed by atoms with Gasteiger partial charge in [0, 0.05) is 17.7 Å². The first-order valence-electron chi connectivity index (χ1n) is 5.52. The van der Waals surface area contributed by atoms with E-state index in [9.17, 15) is 4.79 Å². The van der Waals surface area contributed by atoms with Crippen molar-refractivity contribution in [1.82, 2.24) is 0 Å². The summed E-state index contributed by atoms with van der Waals surface area (Å²) >= 11 is 5.99. The number of ketones is 1. The predicted molar refractivity (Wildman–Crippen MR) is 69.0 cm³/mol. The van der Waals surface area contributed by atoms with Gasteiger partial charge >= 0.3 is 0 Å². The molecule has 0 amide bonds. The van der Waals surface area contributed by atoms with Crippen molar-refractivity contribution in [3.8, 4) is 5.75 Å². The van der Waals surface area contributed by atoms with Crippen LogP contribution in [0.1, 0.15) is 10.4 Å². The molecule has 1 aromatic carbocycles. The second-order valence-electron chi connectivity index (χ2n) is 3.80. The lowest BCUT2D eigenvalue weighted by Crippen LogP contribution is -2.38. The van der Waals surface area contributed by atoms with Gasteiger partial charge in [-0.15, -0.1) is 0 Å². The largest absolute Gasteiger partial charge is 0.497 e. The second kappa shape index (κ2) is 5.65. The fraction of sp³-hybridized carbons (Fsp3) is 0.143. The highest BCUT2D eigenvalue weighted by Gasteiger charge is 2.14. The number of carbonyl (C=O) groups excluding carboxylic acids is 1. The molecule has 1 aromatic heterocycles. The van der Waals surface area contributed by atoms with Crippen molar-refractivity contribution in [2.45, 2.75) is 6.54 Å². The fourth-order valence-corrected chi connectivity index (χ4v) is 1.80. The van der Waals surface area contributed by atoms with Crippen LogP contribution in [0.15, 0.2) is 48.7 Å². The summed E-state index contributed by atoms with van der Waals surface area (Å²) in [6.07, 6.45) is 1.78. The standard InChI is InChI=1S/C14H13ClNO2/c1-18-12-7-5-11(6-8-12)13(17)10-16-9-3-2-4-14(16)15/h2-9H,10H2,1H3/q+1. The molecule has 0 N–H and O–H groups in total. The number of aromatic nitrogens is 1. The van der Waals surface area contributed by atoms with Crippen LogP contribution in [-0.4, -0.2) is 12.9 Å². The molecule has 0 atom stereocenters. The topological polar surface area (TPSA) is 30.2 Å². The number of hydrogen-bond donors (Lipinski definition) is 0. The molecule has 0 aliphatic rings. The molecule has 1 heterocycles. The van der Waals surface area contributed by atoms with Crippen LogP contribution >= 0.6 is 11.6 Å². The Morgan fingerprint density at radius 2 is 1.94 bits per heavy atom. The summed E-state index contributed by atoms with van der Waals surface area (Å²) in [5.41, 5.74) is 0.642. The lowest BCUT2D eigenvalue weighted by atomic mass is 10.1. The van der Waals surface area contributed by atoms with Crippen molar-refractivity contribution in [1.29, 1.82) is 0 Å². The molecule has 18 heavy (non-hydrogen) atoms. The van der Waals surface area contributed by atoms with Gasteiger partial charge in [0.15, 0.2) is 6.20 Å². The summed E-state index contributed by atoms with van der Waals surface area (Å²) in [5.74, 6) is 0.743. The summed E-state index contributed by atoms with van der Waals surface area (Å²) in [6.45, 7) is 0.228. The average molecular weight is 263 g/mol. The van der Waals surface area contributed by atoms with Crippen molar-refractivity contribution in [2.24, 2.45) is 0 Å². The molecular weight excluding hydrogens is 250 g/mol. The van der Waals surface area contributed by atoms with Crippen LogP contribution in [0.4, 0.5) is 0 Å². The van der Waals surface area contributed by atoms with E-state index in [1.165, 1.54) is 0 Å². The van der Waals surface area contributed by atoms with Gasteiger partial charge in [-0.2, -0.15) is 4.57 Å². The number of carbonyl (C=O) groups is 1. The number of pyridine rings is 1. The van der Waals surface area contributed by atoms with E-state index in [4.69, 9.17) is 16.3 Å². The van der Waals surface area contributed by atoms with E-state index < -0.39 is 0 Å². The van der Waals surface area contributed by atoms with Crippen molar-refractivity contribution in [3.63, 3.8) is 0 Å². The van der Waals surface area contributed by atoms with Crippen LogP contribution in [0.5, 0.6) is 5.75 Å². The van der Waals surface area contributed by atoms with Gasteiger partial charge in [-0.3, -0.25) is 4.79 Å². The number of benzene rings is 1. The molecule has 0 fully saturated rings. The summed E-state index contributed by atoms with van der Waals surface area (Å²) in [5, 5.41) is 0.541. The number of nitrogens with zero attached hydrogens (tertiary/aromatic N) is 1. The van der Waals surface area contributed by atoms with Crippen LogP contribution < -0.4 is 9.30 Å². The SMILES string of the molecule is COc1ccc(C(=O)C[n+]2ccccc2Cl)cc1. The molecule has 0 radical (unpaired) electrons. The molecule has 92 valence electrons. The maximum Gasteiger partial charge on any atom is 0.275 e. The molecule has 0 saturated heterocycles. The zero-order valence-corrected chi connectivity index (χ0v) is 10.7. The lowest BCUT2D eigenvalue weighted by molar-refractivity contribution is -0.681. The van der Waals surface area contributed by atoms with Gasteiger partial charge in [0.25, 0.3) is 5.15 Å². The Hall–Kier alpha value is -1.87. The number of hydrogen-bond acceptors (Lipinski definition) is 2. The minimum Gasteiger partial charge on any atom is -0.497 e. The fourth-order valence-electron chi connectivity index (χ4n) is 1.61. The van der Waals surface area contributed by atoms with Crippen LogP contribution in [0.3, 0.4) is 0 Å². The summed E-state index contributed by atoms with van der Waals surface area (Å²) in [4.78, 5) is 12.0. The Labute approximate surface area is 111 Å². The van der Waals surface area contributed by atoms with E-state index in [-0.39, 0.29) is 12.3 Å². The Kier molecular flexibility index (Phi) is 3.95. The Morgan fingerprint density at radius 3 is 2.56 bits per heavy atom. The molecule has 2 aromatic rings. The zero-order chi connectivity index (χ0) is 13.0. The van der Waals surface area contributed by atoms with E-state index >= 15 is 0 Å². The van der Waals surface area contributed by atoms with Gasteiger partial charge in [0.05, 0.1) is 7.11 Å². The first-order valence-corrected chi connectivity index (χ1v) is 5.90. The smallest absolute Gasteiger partial charge is 0.275 e. The Balaban J connectivity index is 2.14. The number of rotatable bonds is 4. The zero-order valence-electron chi connectivity index (χ0n) is 9.97. The number of Topliss-reactive ketones (excluding diaryl/α,β-unsaturated/α-hetero) is 1. The van der Waals surface area contributed by atoms with E-state index in [2.05, 4.69) is 0 Å². The lowest BCUT2D eigenvalue weighted by Gasteiger charge is -2.01. The summed E-state index contributed by atoms with van der Waals surface area (Å²) < 4.78 is 6.75. The average Bonchev–Trinajstić information content (AvgIpc) is 2.41. The van der Waals surface area contributed by atoms with Gasteiger partial charge in [0.2, 0.25) is 12.3 Å². The third kappa shape index (κ3) is 2.87. The Morgan fingerprint density at radius 1 is 1.22 bits per heavy atom. The van der Waals surface area contributed by atoms with E-state index in [0.29, 0.717) is 10.7 Å². The maximum atomic E-state index is 12.0. The van der Waals surface area contributed by atoms with Crippen molar-refractivity contribution >= 4 is 17.4 Å². The van der Waals surface area contributed by atoms with Crippen molar-refractivity contribution in [3.05, 3.63) is 59.4 Å². The highest BCUT2D eigenvalue weighted by Crippen LogP contribution is 2.12. The predicted octanol–water partition coefficient (Wildman–Crippen LogP) is 2.52. The van der Waals surface area contributed by atoms with Crippen molar-refractivity contribution < 1.29 is 14.1 Å². The Bertz CT molecular complexity index is 552. The quantitative estimate of drug-likeness (QED) is 0.482. The van der Waals surface area contributed by atoms with E-state index in [1.807, 2.05) is 12.1 Å². The molecule has 4 heteroatoms. The van der Waals surface area contributed by atoms with E-state index in [1.54, 1.807) is 48.2 Å². The highest BCUT2D eigenvalue weighted by atomic mass is 35.5. The molecular formula is C14H13ClNO2+. The van der Waals surface area contributed by atoms with Crippen LogP contribution in [0, 0.1) is 0 Å². The minimum absolute atomic E-state index is 0.00996. The molecule has 0 saturated carbocycles. The molecule has 0 aliphatic heterocycles. The van der Waals surface area contributed by atoms with Crippen LogP contribution in [-0.2, 0) is 6.54 Å². The molecule has 0 bridgehead atoms. The molecule has 2 rings (SSSR count). The highest BCUT2D eigenvalue weighted by molar-refractivity contribution is 6.28.